The summed E-state index contributed by atoms with van der Waals surface area (Å²) in [6, 6.07) is 8.00. The number of amides is 1. The van der Waals surface area contributed by atoms with Crippen LogP contribution in [0.15, 0.2) is 46.2 Å². The molecule has 6 heteroatoms. The van der Waals surface area contributed by atoms with E-state index >= 15 is 0 Å². The van der Waals surface area contributed by atoms with Gasteiger partial charge in [-0.1, -0.05) is 11.8 Å². The molecule has 21 heavy (non-hydrogen) atoms. The van der Waals surface area contributed by atoms with Crippen molar-refractivity contribution in [3.05, 3.63) is 53.6 Å². The number of halogens is 2. The van der Waals surface area contributed by atoms with Gasteiger partial charge in [-0.2, -0.15) is 0 Å². The van der Waals surface area contributed by atoms with Gasteiger partial charge in [0.15, 0.2) is 0 Å². The molecule has 0 unspecified atom stereocenters. The van der Waals surface area contributed by atoms with Crippen molar-refractivity contribution in [3.8, 4) is 0 Å². The fourth-order valence-electron chi connectivity index (χ4n) is 1.71. The minimum absolute atomic E-state index is 0.147. The molecule has 2 aromatic rings. The maximum atomic E-state index is 13.6. The zero-order valence-electron chi connectivity index (χ0n) is 11.6. The Bertz CT molecular complexity index is 689. The highest BCUT2D eigenvalue weighted by atomic mass is 32.2. The van der Waals surface area contributed by atoms with Crippen LogP contribution in [0.2, 0.25) is 0 Å². The first kappa shape index (κ1) is 15.3. The van der Waals surface area contributed by atoms with Gasteiger partial charge >= 0.3 is 0 Å². The molecule has 110 valence electrons. The van der Waals surface area contributed by atoms with Crippen LogP contribution >= 0.6 is 11.8 Å². The zero-order chi connectivity index (χ0) is 15.6. The molecule has 2 aromatic carbocycles. The van der Waals surface area contributed by atoms with Crippen molar-refractivity contribution in [2.75, 3.05) is 19.8 Å². The average molecular weight is 308 g/mol. The van der Waals surface area contributed by atoms with Gasteiger partial charge in [-0.05, 0) is 36.4 Å². The molecule has 0 atom stereocenters. The number of hydrogen-bond donors (Lipinski definition) is 1. The lowest BCUT2D eigenvalue weighted by atomic mass is 10.2. The first-order valence-electron chi connectivity index (χ1n) is 6.12. The maximum absolute atomic E-state index is 13.6. The molecule has 0 heterocycles. The SMILES string of the molecule is CN(C)C(=O)c1ccc(Sc2cc(F)ccc2F)c(N)c1. The summed E-state index contributed by atoms with van der Waals surface area (Å²) in [5.41, 5.74) is 6.68. The molecule has 3 nitrogen and oxygen atoms in total. The third kappa shape index (κ3) is 3.52. The Morgan fingerprint density at radius 1 is 1.10 bits per heavy atom. The molecule has 0 aliphatic rings. The number of carbonyl (C=O) groups excluding carboxylic acids is 1. The molecular weight excluding hydrogens is 294 g/mol. The van der Waals surface area contributed by atoms with Crippen molar-refractivity contribution in [1.29, 1.82) is 0 Å². The Hall–Kier alpha value is -2.08. The molecule has 0 fully saturated rings. The number of nitrogens with two attached hydrogens (primary N) is 1. The van der Waals surface area contributed by atoms with E-state index < -0.39 is 11.6 Å². The standard InChI is InChI=1S/C15H14F2N2OS/c1-19(2)15(20)9-3-6-13(12(18)7-9)21-14-8-10(16)4-5-11(14)17/h3-8H,18H2,1-2H3. The lowest BCUT2D eigenvalue weighted by Crippen LogP contribution is -2.21. The second-order valence-corrected chi connectivity index (χ2v) is 5.71. The van der Waals surface area contributed by atoms with Crippen molar-refractivity contribution >= 4 is 23.4 Å². The van der Waals surface area contributed by atoms with Gasteiger partial charge in [-0.3, -0.25) is 4.79 Å². The Kier molecular flexibility index (Phi) is 4.47. The van der Waals surface area contributed by atoms with E-state index in [1.54, 1.807) is 26.2 Å². The van der Waals surface area contributed by atoms with Crippen LogP contribution in [0.5, 0.6) is 0 Å². The van der Waals surface area contributed by atoms with Crippen molar-refractivity contribution in [1.82, 2.24) is 4.90 Å². The van der Waals surface area contributed by atoms with Crippen LogP contribution in [0.3, 0.4) is 0 Å². The first-order valence-corrected chi connectivity index (χ1v) is 6.94. The van der Waals surface area contributed by atoms with E-state index in [2.05, 4.69) is 0 Å². The predicted octanol–water partition coefficient (Wildman–Crippen LogP) is 3.40. The highest BCUT2D eigenvalue weighted by molar-refractivity contribution is 7.99. The van der Waals surface area contributed by atoms with Gasteiger partial charge in [0.05, 0.1) is 4.90 Å². The van der Waals surface area contributed by atoms with E-state index in [0.717, 1.165) is 30.0 Å². The monoisotopic (exact) mass is 308 g/mol. The van der Waals surface area contributed by atoms with Crippen molar-refractivity contribution in [3.63, 3.8) is 0 Å². The Labute approximate surface area is 125 Å². The molecule has 1 amide bonds. The average Bonchev–Trinajstić information content (AvgIpc) is 2.44. The van der Waals surface area contributed by atoms with Gasteiger partial charge in [-0.25, -0.2) is 8.78 Å². The summed E-state index contributed by atoms with van der Waals surface area (Å²) in [5, 5.41) is 0. The van der Waals surface area contributed by atoms with Crippen molar-refractivity contribution in [2.24, 2.45) is 0 Å². The van der Waals surface area contributed by atoms with Crippen LogP contribution in [-0.2, 0) is 0 Å². The van der Waals surface area contributed by atoms with E-state index in [-0.39, 0.29) is 10.8 Å². The van der Waals surface area contributed by atoms with Crippen LogP contribution in [0.4, 0.5) is 14.5 Å². The quantitative estimate of drug-likeness (QED) is 0.884. The van der Waals surface area contributed by atoms with Crippen LogP contribution < -0.4 is 5.73 Å². The third-order valence-electron chi connectivity index (χ3n) is 2.78. The molecule has 0 aliphatic heterocycles. The highest BCUT2D eigenvalue weighted by Crippen LogP contribution is 2.34. The summed E-state index contributed by atoms with van der Waals surface area (Å²) in [6.45, 7) is 0. The number of benzene rings is 2. The van der Waals surface area contributed by atoms with Gasteiger partial charge in [0.25, 0.3) is 5.91 Å². The summed E-state index contributed by atoms with van der Waals surface area (Å²) in [6.07, 6.45) is 0. The van der Waals surface area contributed by atoms with Crippen molar-refractivity contribution < 1.29 is 13.6 Å². The zero-order valence-corrected chi connectivity index (χ0v) is 12.4. The number of anilines is 1. The smallest absolute Gasteiger partial charge is 0.253 e. The van der Waals surface area contributed by atoms with Gasteiger partial charge in [0, 0.05) is 30.2 Å². The van der Waals surface area contributed by atoms with Gasteiger partial charge in [0.2, 0.25) is 0 Å². The molecule has 0 bridgehead atoms. The fraction of sp³-hybridized carbons (Fsp3) is 0.133. The van der Waals surface area contributed by atoms with E-state index in [1.807, 2.05) is 0 Å². The summed E-state index contributed by atoms with van der Waals surface area (Å²) in [7, 11) is 3.28. The lowest BCUT2D eigenvalue weighted by Gasteiger charge is -2.12. The molecule has 0 aromatic heterocycles. The molecule has 2 N–H and O–H groups in total. The third-order valence-corrected chi connectivity index (χ3v) is 3.90. The lowest BCUT2D eigenvalue weighted by molar-refractivity contribution is 0.0827. The van der Waals surface area contributed by atoms with Crippen molar-refractivity contribution in [2.45, 2.75) is 9.79 Å². The van der Waals surface area contributed by atoms with E-state index in [1.165, 1.54) is 11.0 Å². The van der Waals surface area contributed by atoms with Gasteiger partial charge in [-0.15, -0.1) is 0 Å². The predicted molar refractivity (Wildman–Crippen MR) is 79.4 cm³/mol. The number of carbonyl (C=O) groups is 1. The second kappa shape index (κ2) is 6.13. The van der Waals surface area contributed by atoms with Crippen LogP contribution in [0, 0.1) is 11.6 Å². The minimum Gasteiger partial charge on any atom is -0.398 e. The second-order valence-electron chi connectivity index (χ2n) is 4.63. The normalized spacial score (nSPS) is 10.5. The summed E-state index contributed by atoms with van der Waals surface area (Å²) in [4.78, 5) is 14.0. The van der Waals surface area contributed by atoms with E-state index in [9.17, 15) is 13.6 Å². The summed E-state index contributed by atoms with van der Waals surface area (Å²) in [5.74, 6) is -1.21. The maximum Gasteiger partial charge on any atom is 0.253 e. The van der Waals surface area contributed by atoms with Crippen LogP contribution in [-0.4, -0.2) is 24.9 Å². The molecule has 0 aliphatic carbocycles. The Morgan fingerprint density at radius 2 is 1.81 bits per heavy atom. The molecule has 0 saturated heterocycles. The molecule has 0 radical (unpaired) electrons. The Morgan fingerprint density at radius 3 is 2.43 bits per heavy atom. The number of hydrogen-bond acceptors (Lipinski definition) is 3. The Balaban J connectivity index is 2.30. The largest absolute Gasteiger partial charge is 0.398 e. The number of nitrogen functional groups attached to an aromatic ring is 1. The first-order chi connectivity index (χ1) is 9.88. The number of nitrogens with zero attached hydrogens (tertiary/aromatic N) is 1. The summed E-state index contributed by atoms with van der Waals surface area (Å²) >= 11 is 1.02. The molecular formula is C15H14F2N2OS. The topological polar surface area (TPSA) is 46.3 Å². The fourth-order valence-corrected chi connectivity index (χ4v) is 2.59. The summed E-state index contributed by atoms with van der Waals surface area (Å²) < 4.78 is 26.8. The van der Waals surface area contributed by atoms with Gasteiger partial charge in [0.1, 0.15) is 11.6 Å². The van der Waals surface area contributed by atoms with E-state index in [4.69, 9.17) is 5.73 Å². The highest BCUT2D eigenvalue weighted by Gasteiger charge is 2.12. The number of rotatable bonds is 3. The molecule has 2 rings (SSSR count). The van der Waals surface area contributed by atoms with Gasteiger partial charge < -0.3 is 10.6 Å². The van der Waals surface area contributed by atoms with Crippen LogP contribution in [0.25, 0.3) is 0 Å². The van der Waals surface area contributed by atoms with E-state index in [0.29, 0.717) is 16.1 Å². The minimum atomic E-state index is -0.519. The molecule has 0 spiro atoms. The molecule has 0 saturated carbocycles. The van der Waals surface area contributed by atoms with Crippen LogP contribution in [0.1, 0.15) is 10.4 Å².